The van der Waals surface area contributed by atoms with Gasteiger partial charge in [-0.1, -0.05) is 115 Å². The SMILES string of the molecule is CN(Br)c1ccccc1-c1ccc2c(c1)C(c1ccccc1)(c1ccccc1)c1ccccc1-2. The Balaban J connectivity index is 1.72. The molecule has 34 heavy (non-hydrogen) atoms. The minimum absolute atomic E-state index is 0.375. The van der Waals surface area contributed by atoms with Gasteiger partial charge >= 0.3 is 0 Å². The van der Waals surface area contributed by atoms with Gasteiger partial charge in [-0.3, -0.25) is 0 Å². The number of benzene rings is 5. The van der Waals surface area contributed by atoms with E-state index in [1.165, 1.54) is 44.5 Å². The number of anilines is 1. The Bertz CT molecular complexity index is 1430. The second kappa shape index (κ2) is 8.30. The van der Waals surface area contributed by atoms with Gasteiger partial charge in [0.1, 0.15) is 0 Å². The first-order valence-electron chi connectivity index (χ1n) is 11.6. The van der Waals surface area contributed by atoms with Crippen LogP contribution in [0.1, 0.15) is 22.3 Å². The molecule has 0 aromatic heterocycles. The van der Waals surface area contributed by atoms with Gasteiger partial charge < -0.3 is 3.93 Å². The summed E-state index contributed by atoms with van der Waals surface area (Å²) in [6.07, 6.45) is 0. The fourth-order valence-electron chi connectivity index (χ4n) is 5.60. The first-order valence-corrected chi connectivity index (χ1v) is 12.3. The van der Waals surface area contributed by atoms with Gasteiger partial charge in [0.2, 0.25) is 0 Å². The van der Waals surface area contributed by atoms with Crippen LogP contribution in [0.3, 0.4) is 0 Å². The van der Waals surface area contributed by atoms with Crippen LogP contribution in [-0.4, -0.2) is 7.05 Å². The van der Waals surface area contributed by atoms with E-state index in [2.05, 4.69) is 144 Å². The van der Waals surface area contributed by atoms with Crippen molar-refractivity contribution in [3.63, 3.8) is 0 Å². The highest BCUT2D eigenvalue weighted by atomic mass is 79.9. The molecule has 5 aromatic carbocycles. The maximum atomic E-state index is 3.65. The van der Waals surface area contributed by atoms with Crippen LogP contribution in [0.25, 0.3) is 22.3 Å². The zero-order valence-electron chi connectivity index (χ0n) is 18.9. The summed E-state index contributed by atoms with van der Waals surface area (Å²) < 4.78 is 2.01. The Morgan fingerprint density at radius 1 is 0.529 bits per heavy atom. The third kappa shape index (κ3) is 3.06. The van der Waals surface area contributed by atoms with Crippen LogP contribution in [0.15, 0.2) is 127 Å². The molecule has 0 amide bonds. The van der Waals surface area contributed by atoms with Crippen LogP contribution in [-0.2, 0) is 5.41 Å². The predicted octanol–water partition coefficient (Wildman–Crippen LogP) is 8.46. The van der Waals surface area contributed by atoms with E-state index >= 15 is 0 Å². The van der Waals surface area contributed by atoms with E-state index in [9.17, 15) is 0 Å². The molecule has 0 saturated carbocycles. The topological polar surface area (TPSA) is 3.24 Å². The second-order valence-electron chi connectivity index (χ2n) is 8.78. The van der Waals surface area contributed by atoms with Gasteiger partial charge in [0, 0.05) is 28.8 Å². The van der Waals surface area contributed by atoms with Crippen LogP contribution in [0.5, 0.6) is 0 Å². The maximum Gasteiger partial charge on any atom is 0.0713 e. The van der Waals surface area contributed by atoms with E-state index in [-0.39, 0.29) is 5.41 Å². The lowest BCUT2D eigenvalue weighted by atomic mass is 9.67. The molecule has 2 heteroatoms. The van der Waals surface area contributed by atoms with Gasteiger partial charge in [0.05, 0.1) is 11.1 Å². The minimum atomic E-state index is -0.375. The summed E-state index contributed by atoms with van der Waals surface area (Å²) >= 11 is 3.65. The molecule has 0 heterocycles. The summed E-state index contributed by atoms with van der Waals surface area (Å²) in [5.74, 6) is 0. The van der Waals surface area contributed by atoms with Crippen molar-refractivity contribution in [1.29, 1.82) is 0 Å². The van der Waals surface area contributed by atoms with E-state index in [0.29, 0.717) is 0 Å². The van der Waals surface area contributed by atoms with Crippen molar-refractivity contribution in [3.05, 3.63) is 150 Å². The smallest absolute Gasteiger partial charge is 0.0713 e. The average Bonchev–Trinajstić information content (AvgIpc) is 3.20. The highest BCUT2D eigenvalue weighted by Crippen LogP contribution is 2.56. The fourth-order valence-corrected chi connectivity index (χ4v) is 5.91. The molecule has 0 atom stereocenters. The summed E-state index contributed by atoms with van der Waals surface area (Å²) in [5, 5.41) is 0. The van der Waals surface area contributed by atoms with Gasteiger partial charge in [-0.05, 0) is 51.1 Å². The number of nitrogens with zero attached hydrogens (tertiary/aromatic N) is 1. The monoisotopic (exact) mass is 501 g/mol. The first-order chi connectivity index (χ1) is 16.7. The lowest BCUT2D eigenvalue weighted by Crippen LogP contribution is -2.28. The van der Waals surface area contributed by atoms with Crippen LogP contribution >= 0.6 is 16.1 Å². The van der Waals surface area contributed by atoms with Crippen molar-refractivity contribution in [1.82, 2.24) is 0 Å². The molecule has 0 radical (unpaired) electrons. The molecule has 164 valence electrons. The number of rotatable bonds is 4. The molecule has 0 unspecified atom stereocenters. The van der Waals surface area contributed by atoms with E-state index in [1.807, 2.05) is 11.0 Å². The lowest BCUT2D eigenvalue weighted by molar-refractivity contribution is 0.769. The summed E-state index contributed by atoms with van der Waals surface area (Å²) in [4.78, 5) is 0. The summed E-state index contributed by atoms with van der Waals surface area (Å²) in [6.45, 7) is 0. The Kier molecular flexibility index (Phi) is 5.12. The van der Waals surface area contributed by atoms with Gasteiger partial charge in [0.15, 0.2) is 0 Å². The van der Waals surface area contributed by atoms with Gasteiger partial charge in [-0.15, -0.1) is 0 Å². The molecule has 6 rings (SSSR count). The first kappa shape index (κ1) is 20.9. The largest absolute Gasteiger partial charge is 0.311 e. The third-order valence-electron chi connectivity index (χ3n) is 7.01. The molecule has 0 aliphatic heterocycles. The van der Waals surface area contributed by atoms with Crippen LogP contribution in [0.4, 0.5) is 5.69 Å². The normalized spacial score (nSPS) is 13.2. The molecular formula is C32H24BrN. The van der Waals surface area contributed by atoms with Crippen molar-refractivity contribution in [3.8, 4) is 22.3 Å². The summed E-state index contributed by atoms with van der Waals surface area (Å²) in [5.41, 5.74) is 11.0. The molecule has 0 spiro atoms. The molecule has 1 nitrogen and oxygen atoms in total. The quantitative estimate of drug-likeness (QED) is 0.219. The molecule has 0 fully saturated rings. The van der Waals surface area contributed by atoms with Gasteiger partial charge in [0.25, 0.3) is 0 Å². The van der Waals surface area contributed by atoms with E-state index in [4.69, 9.17) is 0 Å². The molecule has 5 aromatic rings. The third-order valence-corrected chi connectivity index (χ3v) is 7.39. The Labute approximate surface area is 209 Å². The lowest BCUT2D eigenvalue weighted by Gasteiger charge is -2.34. The van der Waals surface area contributed by atoms with Crippen molar-refractivity contribution >= 4 is 21.8 Å². The van der Waals surface area contributed by atoms with Crippen molar-refractivity contribution in [2.24, 2.45) is 0 Å². The standard InChI is InChI=1S/C32H24BrN/c1-34(33)31-19-11-9-16-26(31)23-20-21-28-27-17-8-10-18-29(27)32(30(28)22-23,24-12-4-2-5-13-24)25-14-6-3-7-15-25/h2-22H,1H3. The highest BCUT2D eigenvalue weighted by Gasteiger charge is 2.46. The van der Waals surface area contributed by atoms with Crippen molar-refractivity contribution < 1.29 is 0 Å². The highest BCUT2D eigenvalue weighted by molar-refractivity contribution is 9.10. The number of hydrogen-bond acceptors (Lipinski definition) is 1. The number of fused-ring (bicyclic) bond motifs is 3. The molecule has 0 saturated heterocycles. The van der Waals surface area contributed by atoms with Crippen LogP contribution in [0.2, 0.25) is 0 Å². The molecule has 1 aliphatic carbocycles. The minimum Gasteiger partial charge on any atom is -0.311 e. The fraction of sp³-hybridized carbons (Fsp3) is 0.0625. The zero-order chi connectivity index (χ0) is 23.1. The average molecular weight is 502 g/mol. The summed E-state index contributed by atoms with van der Waals surface area (Å²) in [6, 6.07) is 46.3. The Morgan fingerprint density at radius 2 is 1.06 bits per heavy atom. The number of hydrogen-bond donors (Lipinski definition) is 0. The Hall–Kier alpha value is -3.62. The summed E-state index contributed by atoms with van der Waals surface area (Å²) in [7, 11) is 2.03. The second-order valence-corrected chi connectivity index (χ2v) is 9.85. The molecule has 0 N–H and O–H groups in total. The van der Waals surface area contributed by atoms with Crippen molar-refractivity contribution in [2.45, 2.75) is 5.41 Å². The predicted molar refractivity (Wildman–Crippen MR) is 147 cm³/mol. The molecular weight excluding hydrogens is 478 g/mol. The van der Waals surface area contributed by atoms with E-state index in [1.54, 1.807) is 0 Å². The number of para-hydroxylation sites is 1. The van der Waals surface area contributed by atoms with Gasteiger partial charge in [-0.2, -0.15) is 0 Å². The number of halogens is 1. The van der Waals surface area contributed by atoms with E-state index in [0.717, 1.165) is 5.69 Å². The van der Waals surface area contributed by atoms with Crippen molar-refractivity contribution in [2.75, 3.05) is 11.0 Å². The van der Waals surface area contributed by atoms with Crippen LogP contribution < -0.4 is 3.93 Å². The Morgan fingerprint density at radius 3 is 1.71 bits per heavy atom. The zero-order valence-corrected chi connectivity index (χ0v) is 20.5. The maximum absolute atomic E-state index is 3.65. The molecule has 0 bridgehead atoms. The van der Waals surface area contributed by atoms with Gasteiger partial charge in [-0.25, -0.2) is 0 Å². The van der Waals surface area contributed by atoms with Crippen LogP contribution in [0, 0.1) is 0 Å². The van der Waals surface area contributed by atoms with E-state index < -0.39 is 0 Å². The molecule has 1 aliphatic rings.